The first kappa shape index (κ1) is 16.0. The van der Waals surface area contributed by atoms with Crippen LogP contribution in [0, 0.1) is 5.82 Å². The largest absolute Gasteiger partial charge is 0.344 e. The van der Waals surface area contributed by atoms with Crippen molar-refractivity contribution < 1.29 is 4.39 Å². The van der Waals surface area contributed by atoms with Crippen LogP contribution >= 0.6 is 11.6 Å². The number of anilines is 3. The van der Waals surface area contributed by atoms with E-state index in [0.717, 1.165) is 12.4 Å². The van der Waals surface area contributed by atoms with E-state index in [4.69, 9.17) is 11.6 Å². The molecule has 24 heavy (non-hydrogen) atoms. The summed E-state index contributed by atoms with van der Waals surface area (Å²) in [5.74, 6) is 0.932. The molecule has 0 saturated carbocycles. The van der Waals surface area contributed by atoms with Crippen LogP contribution in [0.4, 0.5) is 22.1 Å². The first-order valence-electron chi connectivity index (χ1n) is 6.90. The number of halogens is 2. The second-order valence-electron chi connectivity index (χ2n) is 4.93. The molecule has 1 atom stereocenters. The summed E-state index contributed by atoms with van der Waals surface area (Å²) in [6.45, 7) is 1.79. The van der Waals surface area contributed by atoms with E-state index in [2.05, 4.69) is 40.5 Å². The third-order valence-corrected chi connectivity index (χ3v) is 3.10. The molecule has 0 spiro atoms. The van der Waals surface area contributed by atoms with Gasteiger partial charge in [0.25, 0.3) is 0 Å². The molecule has 3 rings (SSSR count). The van der Waals surface area contributed by atoms with Crippen molar-refractivity contribution in [1.29, 1.82) is 0 Å². The van der Waals surface area contributed by atoms with Crippen molar-refractivity contribution >= 4 is 29.3 Å². The van der Waals surface area contributed by atoms with E-state index in [1.807, 2.05) is 7.05 Å². The molecule has 0 aliphatic heterocycles. The number of aromatic nitrogens is 7. The lowest BCUT2D eigenvalue weighted by Crippen LogP contribution is -2.14. The molecule has 3 aromatic rings. The Morgan fingerprint density at radius 2 is 1.83 bits per heavy atom. The minimum Gasteiger partial charge on any atom is -0.344 e. The van der Waals surface area contributed by atoms with Crippen LogP contribution in [0.1, 0.15) is 18.8 Å². The molecule has 0 saturated heterocycles. The van der Waals surface area contributed by atoms with Crippen molar-refractivity contribution in [2.24, 2.45) is 7.05 Å². The summed E-state index contributed by atoms with van der Waals surface area (Å²) in [4.78, 5) is 24.1. The standard InChI is InChI=1S/C13H13ClFN9/c1-7(10-16-3-8(15)4-17-10)19-12-21-11(14)22-13(23-12)20-9-5-24(2)6-18-9/h3-7H,1-2H3,(H2,19,20,21,22,23). The summed E-state index contributed by atoms with van der Waals surface area (Å²) in [7, 11) is 1.84. The SMILES string of the molecule is CC(Nc1nc(Cl)nc(Nc2cn(C)cn2)n1)c1ncc(F)cn1. The number of aryl methyl sites for hydroxylation is 1. The van der Waals surface area contributed by atoms with Gasteiger partial charge in [0.1, 0.15) is 5.82 Å². The van der Waals surface area contributed by atoms with Crippen molar-refractivity contribution in [1.82, 2.24) is 34.5 Å². The van der Waals surface area contributed by atoms with E-state index in [9.17, 15) is 4.39 Å². The Morgan fingerprint density at radius 1 is 1.12 bits per heavy atom. The lowest BCUT2D eigenvalue weighted by molar-refractivity contribution is 0.604. The summed E-state index contributed by atoms with van der Waals surface area (Å²) in [6, 6.07) is -0.355. The van der Waals surface area contributed by atoms with Crippen molar-refractivity contribution in [2.75, 3.05) is 10.6 Å². The Labute approximate surface area is 141 Å². The summed E-state index contributed by atoms with van der Waals surface area (Å²) in [5.41, 5.74) is 0. The van der Waals surface area contributed by atoms with E-state index in [1.165, 1.54) is 0 Å². The molecule has 0 radical (unpaired) electrons. The van der Waals surface area contributed by atoms with Gasteiger partial charge in [-0.15, -0.1) is 0 Å². The number of nitrogens with zero attached hydrogens (tertiary/aromatic N) is 7. The quantitative estimate of drug-likeness (QED) is 0.721. The van der Waals surface area contributed by atoms with Crippen LogP contribution in [0.25, 0.3) is 0 Å². The number of hydrogen-bond donors (Lipinski definition) is 2. The van der Waals surface area contributed by atoms with Crippen molar-refractivity contribution in [3.63, 3.8) is 0 Å². The lowest BCUT2D eigenvalue weighted by Gasteiger charge is -2.12. The zero-order chi connectivity index (χ0) is 17.1. The fourth-order valence-electron chi connectivity index (χ4n) is 1.87. The molecule has 1 unspecified atom stereocenters. The molecule has 11 heteroatoms. The fourth-order valence-corrected chi connectivity index (χ4v) is 2.03. The highest BCUT2D eigenvalue weighted by atomic mass is 35.5. The lowest BCUT2D eigenvalue weighted by atomic mass is 10.3. The molecule has 0 fully saturated rings. The minimum atomic E-state index is -0.504. The van der Waals surface area contributed by atoms with Crippen LogP contribution in [0.15, 0.2) is 24.9 Å². The van der Waals surface area contributed by atoms with Crippen molar-refractivity contribution in [3.05, 3.63) is 41.8 Å². The zero-order valence-corrected chi connectivity index (χ0v) is 13.5. The highest BCUT2D eigenvalue weighted by Gasteiger charge is 2.13. The van der Waals surface area contributed by atoms with Crippen LogP contribution in [-0.4, -0.2) is 34.5 Å². The van der Waals surface area contributed by atoms with Gasteiger partial charge in [-0.1, -0.05) is 0 Å². The van der Waals surface area contributed by atoms with Gasteiger partial charge >= 0.3 is 0 Å². The van der Waals surface area contributed by atoms with E-state index in [-0.39, 0.29) is 23.2 Å². The second kappa shape index (κ2) is 6.71. The molecule has 9 nitrogen and oxygen atoms in total. The van der Waals surface area contributed by atoms with E-state index in [0.29, 0.717) is 11.6 Å². The van der Waals surface area contributed by atoms with Crippen LogP contribution in [0.3, 0.4) is 0 Å². The normalized spacial score (nSPS) is 12.0. The number of imidazole rings is 1. The average molecular weight is 350 g/mol. The minimum absolute atomic E-state index is 0.0122. The molecule has 0 aliphatic carbocycles. The highest BCUT2D eigenvalue weighted by Crippen LogP contribution is 2.17. The van der Waals surface area contributed by atoms with E-state index in [1.54, 1.807) is 24.0 Å². The number of hydrogen-bond acceptors (Lipinski definition) is 8. The van der Waals surface area contributed by atoms with Gasteiger partial charge in [0.2, 0.25) is 17.2 Å². The predicted molar refractivity (Wildman–Crippen MR) is 85.4 cm³/mol. The van der Waals surface area contributed by atoms with Gasteiger partial charge in [0.05, 0.1) is 24.8 Å². The summed E-state index contributed by atoms with van der Waals surface area (Å²) < 4.78 is 14.7. The summed E-state index contributed by atoms with van der Waals surface area (Å²) in [6.07, 6.45) is 5.59. The maximum absolute atomic E-state index is 12.9. The highest BCUT2D eigenvalue weighted by molar-refractivity contribution is 6.28. The fraction of sp³-hybridized carbons (Fsp3) is 0.231. The average Bonchev–Trinajstić information content (AvgIpc) is 2.92. The van der Waals surface area contributed by atoms with Gasteiger partial charge in [-0.2, -0.15) is 15.0 Å². The van der Waals surface area contributed by atoms with Gasteiger partial charge < -0.3 is 15.2 Å². The molecule has 2 N–H and O–H groups in total. The maximum Gasteiger partial charge on any atom is 0.234 e. The smallest absolute Gasteiger partial charge is 0.234 e. The Balaban J connectivity index is 1.76. The Kier molecular flexibility index (Phi) is 4.47. The van der Waals surface area contributed by atoms with Crippen LogP contribution in [-0.2, 0) is 7.05 Å². The molecular formula is C13H13ClFN9. The topological polar surface area (TPSA) is 106 Å². The molecule has 0 bridgehead atoms. The van der Waals surface area contributed by atoms with E-state index < -0.39 is 5.82 Å². The zero-order valence-electron chi connectivity index (χ0n) is 12.8. The van der Waals surface area contributed by atoms with Crippen molar-refractivity contribution in [2.45, 2.75) is 13.0 Å². The van der Waals surface area contributed by atoms with Crippen LogP contribution in [0.5, 0.6) is 0 Å². The Bertz CT molecular complexity index is 836. The van der Waals surface area contributed by atoms with E-state index >= 15 is 0 Å². The van der Waals surface area contributed by atoms with Gasteiger partial charge in [-0.05, 0) is 18.5 Å². The Morgan fingerprint density at radius 3 is 2.50 bits per heavy atom. The van der Waals surface area contributed by atoms with Gasteiger partial charge in [-0.3, -0.25) is 0 Å². The first-order valence-corrected chi connectivity index (χ1v) is 7.28. The monoisotopic (exact) mass is 349 g/mol. The second-order valence-corrected chi connectivity index (χ2v) is 5.26. The molecule has 0 aromatic carbocycles. The van der Waals surface area contributed by atoms with Gasteiger partial charge in [-0.25, -0.2) is 19.3 Å². The third kappa shape index (κ3) is 3.90. The molecule has 124 valence electrons. The first-order chi connectivity index (χ1) is 11.5. The molecule has 3 heterocycles. The molecule has 0 aliphatic rings. The number of nitrogens with one attached hydrogen (secondary N) is 2. The summed E-state index contributed by atoms with van der Waals surface area (Å²) in [5, 5.41) is 5.93. The molecular weight excluding hydrogens is 337 g/mol. The molecule has 3 aromatic heterocycles. The van der Waals surface area contributed by atoms with Crippen LogP contribution in [0.2, 0.25) is 5.28 Å². The predicted octanol–water partition coefficient (Wildman–Crippen LogP) is 2.10. The Hall–Kier alpha value is -2.88. The van der Waals surface area contributed by atoms with Gasteiger partial charge in [0, 0.05) is 13.2 Å². The third-order valence-electron chi connectivity index (χ3n) is 2.93. The molecule has 0 amide bonds. The van der Waals surface area contributed by atoms with Crippen molar-refractivity contribution in [3.8, 4) is 0 Å². The summed E-state index contributed by atoms with van der Waals surface area (Å²) >= 11 is 5.92. The van der Waals surface area contributed by atoms with Gasteiger partial charge in [0.15, 0.2) is 11.6 Å². The maximum atomic E-state index is 12.9. The number of rotatable bonds is 5. The van der Waals surface area contributed by atoms with Crippen LogP contribution < -0.4 is 10.6 Å².